The van der Waals surface area contributed by atoms with Gasteiger partial charge in [-0.1, -0.05) is 6.07 Å². The highest BCUT2D eigenvalue weighted by Gasteiger charge is 2.23. The summed E-state index contributed by atoms with van der Waals surface area (Å²) in [5.74, 6) is -1.06. The molecule has 1 amide bonds. The molecule has 0 spiro atoms. The maximum Gasteiger partial charge on any atom is 0.304 e. The van der Waals surface area contributed by atoms with Gasteiger partial charge in [-0.05, 0) is 31.0 Å². The van der Waals surface area contributed by atoms with E-state index in [0.717, 1.165) is 25.9 Å². The van der Waals surface area contributed by atoms with Crippen molar-refractivity contribution in [2.45, 2.75) is 25.3 Å². The molecule has 1 fully saturated rings. The molecule has 1 aromatic heterocycles. The van der Waals surface area contributed by atoms with E-state index >= 15 is 0 Å². The van der Waals surface area contributed by atoms with Crippen LogP contribution in [0.5, 0.6) is 0 Å². The monoisotopic (exact) mass is 360 g/mol. The number of carboxylic acid groups (broad SMARTS) is 1. The lowest BCUT2D eigenvalue weighted by Gasteiger charge is -2.32. The van der Waals surface area contributed by atoms with E-state index < -0.39 is 11.8 Å². The molecule has 1 aliphatic rings. The second-order valence-corrected chi connectivity index (χ2v) is 6.34. The number of benzene rings is 1. The predicted molar refractivity (Wildman–Crippen MR) is 93.5 cm³/mol. The number of carbonyl (C=O) groups excluding carboxylic acids is 1. The van der Waals surface area contributed by atoms with E-state index in [-0.39, 0.29) is 23.9 Å². The smallest absolute Gasteiger partial charge is 0.304 e. The molecule has 1 aliphatic heterocycles. The van der Waals surface area contributed by atoms with Crippen LogP contribution in [0.3, 0.4) is 0 Å². The van der Waals surface area contributed by atoms with Crippen molar-refractivity contribution in [1.82, 2.24) is 14.7 Å². The summed E-state index contributed by atoms with van der Waals surface area (Å²) >= 11 is 0. The number of piperidine rings is 1. The lowest BCUT2D eigenvalue weighted by atomic mass is 10.1. The maximum absolute atomic E-state index is 13.3. The maximum atomic E-state index is 13.3. The third-order valence-corrected chi connectivity index (χ3v) is 4.54. The SMILES string of the molecule is O=C(O)CCN1CCC(n2nccc2NC(=O)c2cccc(F)c2)CC1. The number of hydrogen-bond donors (Lipinski definition) is 2. The number of likely N-dealkylation sites (tertiary alicyclic amines) is 1. The lowest BCUT2D eigenvalue weighted by Crippen LogP contribution is -2.36. The molecule has 2 aromatic rings. The molecular formula is C18H21FN4O3. The molecule has 8 heteroatoms. The van der Waals surface area contributed by atoms with Gasteiger partial charge in [0.15, 0.2) is 0 Å². The van der Waals surface area contributed by atoms with Crippen molar-refractivity contribution in [3.8, 4) is 0 Å². The number of amides is 1. The normalized spacial score (nSPS) is 15.7. The van der Waals surface area contributed by atoms with Crippen molar-refractivity contribution in [2.75, 3.05) is 25.0 Å². The quantitative estimate of drug-likeness (QED) is 0.826. The van der Waals surface area contributed by atoms with Gasteiger partial charge in [-0.2, -0.15) is 5.10 Å². The van der Waals surface area contributed by atoms with Crippen LogP contribution in [0.1, 0.15) is 35.7 Å². The van der Waals surface area contributed by atoms with E-state index in [1.165, 1.54) is 18.2 Å². The Morgan fingerprint density at radius 3 is 2.73 bits per heavy atom. The summed E-state index contributed by atoms with van der Waals surface area (Å²) in [6.45, 7) is 2.12. The highest BCUT2D eigenvalue weighted by Crippen LogP contribution is 2.25. The van der Waals surface area contributed by atoms with E-state index in [0.29, 0.717) is 12.4 Å². The fraction of sp³-hybridized carbons (Fsp3) is 0.389. The summed E-state index contributed by atoms with van der Waals surface area (Å²) in [7, 11) is 0. The van der Waals surface area contributed by atoms with Gasteiger partial charge in [0.05, 0.1) is 18.7 Å². The van der Waals surface area contributed by atoms with Gasteiger partial charge in [0.1, 0.15) is 11.6 Å². The molecule has 1 saturated heterocycles. The number of aromatic nitrogens is 2. The van der Waals surface area contributed by atoms with Crippen molar-refractivity contribution in [3.05, 3.63) is 47.9 Å². The highest BCUT2D eigenvalue weighted by atomic mass is 19.1. The van der Waals surface area contributed by atoms with Crippen molar-refractivity contribution in [1.29, 1.82) is 0 Å². The standard InChI is InChI=1S/C18H21FN4O3/c19-14-3-1-2-13(12-14)18(26)21-16-4-8-20-23(16)15-5-9-22(10-6-15)11-7-17(24)25/h1-4,8,12,15H,5-7,9-11H2,(H,21,26)(H,24,25). The van der Waals surface area contributed by atoms with Gasteiger partial charge >= 0.3 is 5.97 Å². The van der Waals surface area contributed by atoms with Gasteiger partial charge in [0, 0.05) is 31.3 Å². The van der Waals surface area contributed by atoms with Crippen LogP contribution in [0.4, 0.5) is 10.2 Å². The molecule has 1 aromatic carbocycles. The number of anilines is 1. The van der Waals surface area contributed by atoms with Crippen LogP contribution in [0.15, 0.2) is 36.5 Å². The Kier molecular flexibility index (Phi) is 5.62. The minimum atomic E-state index is -0.790. The molecule has 0 saturated carbocycles. The number of carbonyl (C=O) groups is 2. The van der Waals surface area contributed by atoms with Crippen LogP contribution in [-0.2, 0) is 4.79 Å². The van der Waals surface area contributed by atoms with Gasteiger partial charge < -0.3 is 15.3 Å². The lowest BCUT2D eigenvalue weighted by molar-refractivity contribution is -0.137. The van der Waals surface area contributed by atoms with Crippen LogP contribution in [-0.4, -0.2) is 51.3 Å². The molecule has 3 rings (SSSR count). The largest absolute Gasteiger partial charge is 0.481 e. The molecular weight excluding hydrogens is 339 g/mol. The topological polar surface area (TPSA) is 87.5 Å². The molecule has 0 aliphatic carbocycles. The van der Waals surface area contributed by atoms with Gasteiger partial charge in [0.25, 0.3) is 5.91 Å². The van der Waals surface area contributed by atoms with Crippen molar-refractivity contribution >= 4 is 17.7 Å². The second-order valence-electron chi connectivity index (χ2n) is 6.34. The molecule has 0 unspecified atom stereocenters. The Labute approximate surface area is 150 Å². The molecule has 0 atom stereocenters. The summed E-state index contributed by atoms with van der Waals surface area (Å²) in [5.41, 5.74) is 0.251. The summed E-state index contributed by atoms with van der Waals surface area (Å²) in [6.07, 6.45) is 3.41. The zero-order chi connectivity index (χ0) is 18.5. The van der Waals surface area contributed by atoms with Crippen LogP contribution >= 0.6 is 0 Å². The fourth-order valence-electron chi connectivity index (χ4n) is 3.16. The number of carboxylic acids is 1. The summed E-state index contributed by atoms with van der Waals surface area (Å²) < 4.78 is 15.1. The van der Waals surface area contributed by atoms with E-state index in [1.54, 1.807) is 23.0 Å². The Morgan fingerprint density at radius 1 is 1.27 bits per heavy atom. The number of nitrogens with zero attached hydrogens (tertiary/aromatic N) is 3. The number of nitrogens with one attached hydrogen (secondary N) is 1. The summed E-state index contributed by atoms with van der Waals surface area (Å²) in [5, 5.41) is 15.9. The molecule has 7 nitrogen and oxygen atoms in total. The van der Waals surface area contributed by atoms with Crippen LogP contribution in [0.25, 0.3) is 0 Å². The van der Waals surface area contributed by atoms with E-state index in [4.69, 9.17) is 5.11 Å². The highest BCUT2D eigenvalue weighted by molar-refractivity contribution is 6.03. The minimum absolute atomic E-state index is 0.133. The molecule has 0 bridgehead atoms. The Hall–Kier alpha value is -2.74. The molecule has 2 heterocycles. The number of aliphatic carboxylic acids is 1. The average molecular weight is 360 g/mol. The second kappa shape index (κ2) is 8.09. The van der Waals surface area contributed by atoms with Crippen LogP contribution in [0.2, 0.25) is 0 Å². The molecule has 138 valence electrons. The Bertz CT molecular complexity index is 784. The van der Waals surface area contributed by atoms with Gasteiger partial charge in [-0.15, -0.1) is 0 Å². The minimum Gasteiger partial charge on any atom is -0.481 e. The van der Waals surface area contributed by atoms with Gasteiger partial charge in [-0.25, -0.2) is 9.07 Å². The Morgan fingerprint density at radius 2 is 2.04 bits per heavy atom. The van der Waals surface area contributed by atoms with Gasteiger partial charge in [-0.3, -0.25) is 9.59 Å². The number of halogens is 1. The van der Waals surface area contributed by atoms with Crippen LogP contribution < -0.4 is 5.32 Å². The first-order chi connectivity index (χ1) is 12.5. The number of rotatable bonds is 6. The first kappa shape index (κ1) is 18.1. The summed E-state index contributed by atoms with van der Waals surface area (Å²) in [4.78, 5) is 25.1. The molecule has 2 N–H and O–H groups in total. The molecule has 0 radical (unpaired) electrons. The van der Waals surface area contributed by atoms with Crippen molar-refractivity contribution in [3.63, 3.8) is 0 Å². The summed E-state index contributed by atoms with van der Waals surface area (Å²) in [6, 6.07) is 7.38. The first-order valence-corrected chi connectivity index (χ1v) is 8.57. The van der Waals surface area contributed by atoms with E-state index in [9.17, 15) is 14.0 Å². The Balaban J connectivity index is 1.61. The number of hydrogen-bond acceptors (Lipinski definition) is 4. The predicted octanol–water partition coefficient (Wildman–Crippen LogP) is 2.39. The fourth-order valence-corrected chi connectivity index (χ4v) is 3.16. The van der Waals surface area contributed by atoms with E-state index in [2.05, 4.69) is 15.3 Å². The van der Waals surface area contributed by atoms with Crippen molar-refractivity contribution < 1.29 is 19.1 Å². The van der Waals surface area contributed by atoms with Crippen LogP contribution in [0, 0.1) is 5.82 Å². The molecule has 26 heavy (non-hydrogen) atoms. The third-order valence-electron chi connectivity index (χ3n) is 4.54. The average Bonchev–Trinajstić information content (AvgIpc) is 3.08. The van der Waals surface area contributed by atoms with Gasteiger partial charge in [0.2, 0.25) is 0 Å². The third kappa shape index (κ3) is 4.45. The zero-order valence-corrected chi connectivity index (χ0v) is 14.3. The zero-order valence-electron chi connectivity index (χ0n) is 14.3. The van der Waals surface area contributed by atoms with Crippen molar-refractivity contribution in [2.24, 2.45) is 0 Å². The van der Waals surface area contributed by atoms with E-state index in [1.807, 2.05) is 0 Å². The first-order valence-electron chi connectivity index (χ1n) is 8.57.